The molecule has 0 aliphatic heterocycles. The maximum absolute atomic E-state index is 11.1. The fourth-order valence-electron chi connectivity index (χ4n) is 0.446. The van der Waals surface area contributed by atoms with Crippen LogP contribution >= 0.6 is 0 Å². The number of rotatable bonds is 2. The Morgan fingerprint density at radius 1 is 1.50 bits per heavy atom. The van der Waals surface area contributed by atoms with E-state index >= 15 is 0 Å². The maximum atomic E-state index is 11.1. The molecule has 0 aromatic rings. The zero-order valence-electron chi connectivity index (χ0n) is 7.93. The van der Waals surface area contributed by atoms with E-state index in [4.69, 9.17) is 11.1 Å². The van der Waals surface area contributed by atoms with Gasteiger partial charge in [0.2, 0.25) is 0 Å². The Morgan fingerprint density at radius 2 is 1.92 bits per heavy atom. The molecule has 0 aromatic carbocycles. The van der Waals surface area contributed by atoms with Crippen LogP contribution < -0.4 is 11.1 Å². The van der Waals surface area contributed by atoms with Gasteiger partial charge in [-0.05, 0) is 13.8 Å². The lowest BCUT2D eigenvalue weighted by molar-refractivity contribution is 0.211. The van der Waals surface area contributed by atoms with Crippen molar-refractivity contribution in [3.8, 4) is 0 Å². The van der Waals surface area contributed by atoms with E-state index in [2.05, 4.69) is 5.32 Å². The Kier molecular flexibility index (Phi) is 3.06. The highest BCUT2D eigenvalue weighted by atomic mass is 16.2. The molecule has 0 bridgehead atoms. The van der Waals surface area contributed by atoms with Crippen LogP contribution in [0.1, 0.15) is 13.8 Å². The second-order valence-electron chi connectivity index (χ2n) is 3.36. The molecule has 0 aliphatic carbocycles. The molecule has 0 spiro atoms. The van der Waals surface area contributed by atoms with Crippen LogP contribution in [0.15, 0.2) is 0 Å². The smallest absolute Gasteiger partial charge is 0.317 e. The summed E-state index contributed by atoms with van der Waals surface area (Å²) in [7, 11) is 3.26. The first-order valence-electron chi connectivity index (χ1n) is 3.61. The number of amidine groups is 1. The maximum Gasteiger partial charge on any atom is 0.317 e. The Morgan fingerprint density at radius 3 is 2.17 bits per heavy atom. The van der Waals surface area contributed by atoms with E-state index in [9.17, 15) is 4.79 Å². The number of nitrogens with two attached hydrogens (primary N) is 1. The molecule has 0 unspecified atom stereocenters. The fourth-order valence-corrected chi connectivity index (χ4v) is 0.446. The minimum Gasteiger partial charge on any atom is -0.386 e. The molecule has 12 heavy (non-hydrogen) atoms. The first-order chi connectivity index (χ1) is 5.27. The second kappa shape index (κ2) is 3.42. The van der Waals surface area contributed by atoms with Gasteiger partial charge in [-0.2, -0.15) is 0 Å². The molecule has 2 amide bonds. The molecular formula is C7H16N4O. The summed E-state index contributed by atoms with van der Waals surface area (Å²) in [4.78, 5) is 12.5. The number of urea groups is 1. The molecule has 0 aliphatic rings. The normalized spacial score (nSPS) is 10.7. The van der Waals surface area contributed by atoms with Gasteiger partial charge in [-0.1, -0.05) is 0 Å². The van der Waals surface area contributed by atoms with Gasteiger partial charge in [0.05, 0.1) is 5.54 Å². The second-order valence-corrected chi connectivity index (χ2v) is 3.36. The summed E-state index contributed by atoms with van der Waals surface area (Å²) >= 11 is 0. The zero-order chi connectivity index (χ0) is 9.94. The first kappa shape index (κ1) is 10.7. The van der Waals surface area contributed by atoms with Gasteiger partial charge in [-0.15, -0.1) is 0 Å². The number of carbonyl (C=O) groups is 1. The summed E-state index contributed by atoms with van der Waals surface area (Å²) in [6.07, 6.45) is 0. The lowest BCUT2D eigenvalue weighted by Crippen LogP contribution is -2.55. The van der Waals surface area contributed by atoms with Gasteiger partial charge in [-0.3, -0.25) is 5.41 Å². The van der Waals surface area contributed by atoms with Crippen LogP contribution in [0.2, 0.25) is 0 Å². The highest BCUT2D eigenvalue weighted by Gasteiger charge is 2.24. The molecule has 0 radical (unpaired) electrons. The topological polar surface area (TPSA) is 82.2 Å². The van der Waals surface area contributed by atoms with Crippen molar-refractivity contribution in [3.05, 3.63) is 0 Å². The van der Waals surface area contributed by atoms with Crippen molar-refractivity contribution in [1.29, 1.82) is 5.41 Å². The number of nitrogens with zero attached hydrogens (tertiary/aromatic N) is 1. The van der Waals surface area contributed by atoms with E-state index in [1.54, 1.807) is 27.9 Å². The van der Waals surface area contributed by atoms with Crippen molar-refractivity contribution >= 4 is 11.9 Å². The number of nitrogens with one attached hydrogen (secondary N) is 2. The predicted octanol–water partition coefficient (Wildman–Crippen LogP) is -0.0278. The molecule has 0 atom stereocenters. The first-order valence-corrected chi connectivity index (χ1v) is 3.61. The van der Waals surface area contributed by atoms with Gasteiger partial charge in [0.25, 0.3) is 0 Å². The van der Waals surface area contributed by atoms with Crippen molar-refractivity contribution in [2.75, 3.05) is 14.1 Å². The molecule has 4 N–H and O–H groups in total. The highest BCUT2D eigenvalue weighted by molar-refractivity contribution is 5.90. The van der Waals surface area contributed by atoms with Crippen LogP contribution in [0, 0.1) is 5.41 Å². The molecule has 0 fully saturated rings. The Labute approximate surface area is 72.4 Å². The third-order valence-corrected chi connectivity index (χ3v) is 1.50. The minimum atomic E-state index is -0.776. The Balaban J connectivity index is 4.25. The summed E-state index contributed by atoms with van der Waals surface area (Å²) in [6.45, 7) is 3.35. The average molecular weight is 172 g/mol. The van der Waals surface area contributed by atoms with E-state index in [0.29, 0.717) is 0 Å². The van der Waals surface area contributed by atoms with Gasteiger partial charge in [0.1, 0.15) is 5.84 Å². The van der Waals surface area contributed by atoms with E-state index < -0.39 is 5.54 Å². The summed E-state index contributed by atoms with van der Waals surface area (Å²) in [5.41, 5.74) is 4.49. The number of carbonyl (C=O) groups excluding carboxylic acids is 1. The summed E-state index contributed by atoms with van der Waals surface area (Å²) in [6, 6.07) is -0.254. The standard InChI is InChI=1S/C7H16N4O/c1-7(2,5(8)9)10-6(12)11(3)4/h1-4H3,(H3,8,9)(H,10,12). The van der Waals surface area contributed by atoms with Crippen molar-refractivity contribution in [2.24, 2.45) is 5.73 Å². The summed E-state index contributed by atoms with van der Waals surface area (Å²) in [5, 5.41) is 9.77. The molecule has 5 nitrogen and oxygen atoms in total. The Hall–Kier alpha value is -1.26. The number of hydrogen-bond acceptors (Lipinski definition) is 2. The lowest BCUT2D eigenvalue weighted by atomic mass is 10.1. The number of amides is 2. The minimum absolute atomic E-state index is 0.0577. The highest BCUT2D eigenvalue weighted by Crippen LogP contribution is 2.00. The molecule has 0 aromatic heterocycles. The monoisotopic (exact) mass is 172 g/mol. The van der Waals surface area contributed by atoms with Gasteiger partial charge >= 0.3 is 6.03 Å². The van der Waals surface area contributed by atoms with Crippen LogP contribution in [0.4, 0.5) is 4.79 Å². The lowest BCUT2D eigenvalue weighted by Gasteiger charge is -2.26. The molecule has 0 heterocycles. The van der Waals surface area contributed by atoms with E-state index in [1.807, 2.05) is 0 Å². The summed E-state index contributed by atoms with van der Waals surface area (Å²) in [5.74, 6) is -0.0577. The van der Waals surface area contributed by atoms with Gasteiger partial charge in [0, 0.05) is 14.1 Å². The third-order valence-electron chi connectivity index (χ3n) is 1.50. The van der Waals surface area contributed by atoms with Crippen LogP contribution in [0.3, 0.4) is 0 Å². The third kappa shape index (κ3) is 2.77. The van der Waals surface area contributed by atoms with Gasteiger partial charge in [-0.25, -0.2) is 4.79 Å². The van der Waals surface area contributed by atoms with Crippen LogP contribution in [-0.2, 0) is 0 Å². The van der Waals surface area contributed by atoms with Crippen molar-refractivity contribution < 1.29 is 4.79 Å². The van der Waals surface area contributed by atoms with Crippen molar-refractivity contribution in [3.63, 3.8) is 0 Å². The van der Waals surface area contributed by atoms with Crippen molar-refractivity contribution in [1.82, 2.24) is 10.2 Å². The van der Waals surface area contributed by atoms with E-state index in [-0.39, 0.29) is 11.9 Å². The predicted molar refractivity (Wildman–Crippen MR) is 48.2 cm³/mol. The molecular weight excluding hydrogens is 156 g/mol. The molecule has 0 saturated carbocycles. The largest absolute Gasteiger partial charge is 0.386 e. The zero-order valence-corrected chi connectivity index (χ0v) is 7.93. The summed E-state index contributed by atoms with van der Waals surface area (Å²) < 4.78 is 0. The molecule has 5 heteroatoms. The molecule has 0 rings (SSSR count). The van der Waals surface area contributed by atoms with Gasteiger partial charge < -0.3 is 16.0 Å². The van der Waals surface area contributed by atoms with E-state index in [0.717, 1.165) is 0 Å². The number of hydrogen-bond donors (Lipinski definition) is 3. The van der Waals surface area contributed by atoms with Gasteiger partial charge in [0.15, 0.2) is 0 Å². The van der Waals surface area contributed by atoms with E-state index in [1.165, 1.54) is 4.90 Å². The SMILES string of the molecule is CN(C)C(=O)NC(C)(C)C(=N)N. The van der Waals surface area contributed by atoms with Crippen LogP contribution in [0.5, 0.6) is 0 Å². The molecule has 70 valence electrons. The molecule has 0 saturated heterocycles. The quantitative estimate of drug-likeness (QED) is 0.404. The van der Waals surface area contributed by atoms with Crippen molar-refractivity contribution in [2.45, 2.75) is 19.4 Å². The Bertz CT molecular complexity index is 198. The van der Waals surface area contributed by atoms with Crippen LogP contribution in [0.25, 0.3) is 0 Å². The fraction of sp³-hybridized carbons (Fsp3) is 0.714. The average Bonchev–Trinajstić information content (AvgIpc) is 1.85. The van der Waals surface area contributed by atoms with Crippen LogP contribution in [-0.4, -0.2) is 36.4 Å².